The molecule has 0 bridgehead atoms. The van der Waals surface area contributed by atoms with Crippen LogP contribution in [-0.4, -0.2) is 18.2 Å². The van der Waals surface area contributed by atoms with Crippen molar-refractivity contribution in [2.75, 3.05) is 0 Å². The molecule has 0 amide bonds. The van der Waals surface area contributed by atoms with E-state index in [-0.39, 0.29) is 5.03 Å². The molecule has 66 valence electrons. The van der Waals surface area contributed by atoms with E-state index < -0.39 is 10.0 Å². The molecule has 1 aliphatic carbocycles. The van der Waals surface area contributed by atoms with Gasteiger partial charge in [-0.1, -0.05) is 0 Å². The maximum absolute atomic E-state index is 10.8. The molecule has 0 radical (unpaired) electrons. The quantitative estimate of drug-likeness (QED) is 0.700. The van der Waals surface area contributed by atoms with Crippen molar-refractivity contribution < 1.29 is 8.42 Å². The summed E-state index contributed by atoms with van der Waals surface area (Å²) in [4.78, 5) is 0. The molecular weight excluding hydrogens is 178 g/mol. The zero-order chi connectivity index (χ0) is 8.77. The Labute approximate surface area is 70.2 Å². The SMILES string of the molecule is NS(=O)(=O)c1ccn(C2CC2)n1. The number of primary sulfonamides is 1. The highest BCUT2D eigenvalue weighted by molar-refractivity contribution is 7.89. The Morgan fingerprint density at radius 1 is 1.58 bits per heavy atom. The highest BCUT2D eigenvalue weighted by Gasteiger charge is 2.25. The molecule has 6 heteroatoms. The van der Waals surface area contributed by atoms with Gasteiger partial charge in [-0.3, -0.25) is 4.68 Å². The summed E-state index contributed by atoms with van der Waals surface area (Å²) in [6.07, 6.45) is 3.80. The van der Waals surface area contributed by atoms with Crippen LogP contribution in [0.4, 0.5) is 0 Å². The van der Waals surface area contributed by atoms with Gasteiger partial charge in [0.1, 0.15) is 0 Å². The zero-order valence-electron chi connectivity index (χ0n) is 6.34. The van der Waals surface area contributed by atoms with E-state index in [9.17, 15) is 8.42 Å². The summed E-state index contributed by atoms with van der Waals surface area (Å²) in [6, 6.07) is 1.81. The number of nitrogens with two attached hydrogens (primary N) is 1. The summed E-state index contributed by atoms with van der Waals surface area (Å²) in [6.45, 7) is 0. The molecule has 1 saturated carbocycles. The monoisotopic (exact) mass is 187 g/mol. The van der Waals surface area contributed by atoms with E-state index in [0.717, 1.165) is 12.8 Å². The van der Waals surface area contributed by atoms with Gasteiger partial charge in [-0.15, -0.1) is 0 Å². The second kappa shape index (κ2) is 2.30. The van der Waals surface area contributed by atoms with Crippen LogP contribution in [0.2, 0.25) is 0 Å². The van der Waals surface area contributed by atoms with E-state index >= 15 is 0 Å². The lowest BCUT2D eigenvalue weighted by Gasteiger charge is -1.93. The van der Waals surface area contributed by atoms with Crippen molar-refractivity contribution in [1.29, 1.82) is 0 Å². The maximum Gasteiger partial charge on any atom is 0.257 e. The second-order valence-corrected chi connectivity index (χ2v) is 4.42. The molecule has 1 fully saturated rings. The first-order valence-electron chi connectivity index (χ1n) is 3.65. The number of hydrogen-bond acceptors (Lipinski definition) is 3. The Morgan fingerprint density at radius 2 is 2.25 bits per heavy atom. The largest absolute Gasteiger partial charge is 0.268 e. The standard InChI is InChI=1S/C6H9N3O2S/c7-12(10,11)6-3-4-9(8-6)5-1-2-5/h3-5H,1-2H2,(H2,7,10,11). The molecule has 2 N–H and O–H groups in total. The number of rotatable bonds is 2. The molecule has 1 aromatic rings. The van der Waals surface area contributed by atoms with Crippen LogP contribution in [0.5, 0.6) is 0 Å². The third-order valence-corrected chi connectivity index (χ3v) is 2.60. The fourth-order valence-electron chi connectivity index (χ4n) is 1.01. The second-order valence-electron chi connectivity index (χ2n) is 2.91. The molecule has 0 unspecified atom stereocenters. The fraction of sp³-hybridized carbons (Fsp3) is 0.500. The van der Waals surface area contributed by atoms with Gasteiger partial charge in [0.15, 0.2) is 5.03 Å². The first kappa shape index (κ1) is 7.75. The molecular formula is C6H9N3O2S. The molecule has 0 aliphatic heterocycles. The minimum Gasteiger partial charge on any atom is -0.268 e. The smallest absolute Gasteiger partial charge is 0.257 e. The molecule has 12 heavy (non-hydrogen) atoms. The molecule has 0 saturated heterocycles. The number of hydrogen-bond donors (Lipinski definition) is 1. The van der Waals surface area contributed by atoms with Crippen molar-refractivity contribution in [2.45, 2.75) is 23.9 Å². The van der Waals surface area contributed by atoms with Gasteiger partial charge in [-0.05, 0) is 18.9 Å². The fourth-order valence-corrected chi connectivity index (χ4v) is 1.47. The number of aromatic nitrogens is 2. The summed E-state index contributed by atoms with van der Waals surface area (Å²) >= 11 is 0. The zero-order valence-corrected chi connectivity index (χ0v) is 7.16. The van der Waals surface area contributed by atoms with Crippen molar-refractivity contribution in [1.82, 2.24) is 9.78 Å². The molecule has 0 aromatic carbocycles. The van der Waals surface area contributed by atoms with Gasteiger partial charge in [0.25, 0.3) is 10.0 Å². The van der Waals surface area contributed by atoms with Crippen LogP contribution >= 0.6 is 0 Å². The van der Waals surface area contributed by atoms with Gasteiger partial charge >= 0.3 is 0 Å². The van der Waals surface area contributed by atoms with Gasteiger partial charge in [-0.2, -0.15) is 5.10 Å². The van der Waals surface area contributed by atoms with E-state index in [1.54, 1.807) is 10.9 Å². The number of nitrogens with zero attached hydrogens (tertiary/aromatic N) is 2. The van der Waals surface area contributed by atoms with Gasteiger partial charge in [-0.25, -0.2) is 13.6 Å². The topological polar surface area (TPSA) is 78.0 Å². The van der Waals surface area contributed by atoms with Crippen LogP contribution in [0.15, 0.2) is 17.3 Å². The molecule has 1 aromatic heterocycles. The van der Waals surface area contributed by atoms with E-state index in [0.29, 0.717) is 6.04 Å². The summed E-state index contributed by atoms with van der Waals surface area (Å²) < 4.78 is 23.2. The van der Waals surface area contributed by atoms with Gasteiger partial charge in [0, 0.05) is 6.20 Å². The Balaban J connectivity index is 2.35. The van der Waals surface area contributed by atoms with Crippen LogP contribution < -0.4 is 5.14 Å². The average molecular weight is 187 g/mol. The highest BCUT2D eigenvalue weighted by Crippen LogP contribution is 2.34. The van der Waals surface area contributed by atoms with Crippen LogP contribution in [0.25, 0.3) is 0 Å². The predicted octanol–water partition coefficient (Wildman–Crippen LogP) is -0.135. The molecule has 2 rings (SSSR count). The average Bonchev–Trinajstić information content (AvgIpc) is 2.66. The lowest BCUT2D eigenvalue weighted by Crippen LogP contribution is -2.13. The van der Waals surface area contributed by atoms with E-state index in [4.69, 9.17) is 5.14 Å². The van der Waals surface area contributed by atoms with E-state index in [2.05, 4.69) is 5.10 Å². The van der Waals surface area contributed by atoms with Gasteiger partial charge in [0.2, 0.25) is 0 Å². The van der Waals surface area contributed by atoms with Crippen LogP contribution in [0.1, 0.15) is 18.9 Å². The predicted molar refractivity (Wildman–Crippen MR) is 41.9 cm³/mol. The summed E-state index contributed by atoms with van der Waals surface area (Å²) in [5.74, 6) is 0. The minimum atomic E-state index is -3.62. The van der Waals surface area contributed by atoms with E-state index in [1.807, 2.05) is 0 Å². The summed E-state index contributed by atoms with van der Waals surface area (Å²) in [5, 5.41) is 8.69. The maximum atomic E-state index is 10.8. The van der Waals surface area contributed by atoms with Crippen molar-refractivity contribution >= 4 is 10.0 Å². The molecule has 5 nitrogen and oxygen atoms in total. The van der Waals surface area contributed by atoms with Crippen molar-refractivity contribution in [2.24, 2.45) is 5.14 Å². The summed E-state index contributed by atoms with van der Waals surface area (Å²) in [7, 11) is -3.62. The normalized spacial score (nSPS) is 18.1. The first-order chi connectivity index (χ1) is 5.57. The minimum absolute atomic E-state index is 0.0469. The van der Waals surface area contributed by atoms with Crippen molar-refractivity contribution in [3.63, 3.8) is 0 Å². The molecule has 0 atom stereocenters. The molecule has 1 heterocycles. The Hall–Kier alpha value is -0.880. The highest BCUT2D eigenvalue weighted by atomic mass is 32.2. The van der Waals surface area contributed by atoms with Gasteiger partial charge in [0.05, 0.1) is 6.04 Å². The van der Waals surface area contributed by atoms with E-state index in [1.165, 1.54) is 6.07 Å². The third-order valence-electron chi connectivity index (χ3n) is 1.80. The molecule has 0 spiro atoms. The third kappa shape index (κ3) is 1.35. The lowest BCUT2D eigenvalue weighted by molar-refractivity contribution is 0.579. The van der Waals surface area contributed by atoms with Crippen LogP contribution in [0.3, 0.4) is 0 Å². The Bertz CT molecular complexity index is 391. The van der Waals surface area contributed by atoms with Gasteiger partial charge < -0.3 is 0 Å². The first-order valence-corrected chi connectivity index (χ1v) is 5.20. The Morgan fingerprint density at radius 3 is 2.67 bits per heavy atom. The van der Waals surface area contributed by atoms with Crippen LogP contribution in [0, 0.1) is 0 Å². The lowest BCUT2D eigenvalue weighted by atomic mass is 10.7. The molecule has 1 aliphatic rings. The van der Waals surface area contributed by atoms with Crippen molar-refractivity contribution in [3.8, 4) is 0 Å². The number of sulfonamides is 1. The van der Waals surface area contributed by atoms with Crippen molar-refractivity contribution in [3.05, 3.63) is 12.3 Å². The van der Waals surface area contributed by atoms with Crippen LogP contribution in [-0.2, 0) is 10.0 Å². The summed E-state index contributed by atoms with van der Waals surface area (Å²) in [5.41, 5.74) is 0. The Kier molecular flexibility index (Phi) is 1.49.